The highest BCUT2D eigenvalue weighted by Crippen LogP contribution is 1.60. The van der Waals surface area contributed by atoms with Crippen molar-refractivity contribution in [3.63, 3.8) is 0 Å². The van der Waals surface area contributed by atoms with Crippen LogP contribution in [-0.4, -0.2) is 45.5 Å². The van der Waals surface area contributed by atoms with E-state index in [0.717, 1.165) is 32.7 Å². The zero-order valence-corrected chi connectivity index (χ0v) is 7.82. The van der Waals surface area contributed by atoms with Crippen LogP contribution in [0.4, 0.5) is 0 Å². The first-order chi connectivity index (χ1) is 5.91. The Morgan fingerprint density at radius 2 is 1.58 bits per heavy atom. The first-order valence-corrected chi connectivity index (χ1v) is 4.53. The Morgan fingerprint density at radius 3 is 2.17 bits per heavy atom. The average molecular weight is 172 g/mol. The smallest absolute Gasteiger partial charge is 0.0302 e. The lowest BCUT2D eigenvalue weighted by Crippen LogP contribution is -2.33. The zero-order chi connectivity index (χ0) is 9.07. The average Bonchev–Trinajstić information content (AvgIpc) is 2.10. The van der Waals surface area contributed by atoms with E-state index in [1.807, 2.05) is 0 Å². The van der Waals surface area contributed by atoms with E-state index >= 15 is 0 Å². The van der Waals surface area contributed by atoms with Crippen molar-refractivity contribution in [1.29, 1.82) is 5.41 Å². The van der Waals surface area contributed by atoms with Gasteiger partial charge in [0.15, 0.2) is 0 Å². The minimum Gasteiger partial charge on any atom is -0.316 e. The molecule has 0 aromatic rings. The van der Waals surface area contributed by atoms with Gasteiger partial charge in [0.05, 0.1) is 0 Å². The van der Waals surface area contributed by atoms with E-state index in [9.17, 15) is 0 Å². The van der Waals surface area contributed by atoms with Crippen molar-refractivity contribution in [1.82, 2.24) is 16.0 Å². The van der Waals surface area contributed by atoms with Gasteiger partial charge in [-0.25, -0.2) is 0 Å². The van der Waals surface area contributed by atoms with Gasteiger partial charge in [-0.1, -0.05) is 6.92 Å². The molecule has 12 heavy (non-hydrogen) atoms. The molecule has 4 nitrogen and oxygen atoms in total. The second-order valence-corrected chi connectivity index (χ2v) is 2.51. The van der Waals surface area contributed by atoms with E-state index < -0.39 is 0 Å². The summed E-state index contributed by atoms with van der Waals surface area (Å²) in [5.41, 5.74) is 0. The molecule has 0 atom stereocenters. The minimum absolute atomic E-state index is 0.675. The van der Waals surface area contributed by atoms with E-state index in [4.69, 9.17) is 5.41 Å². The molecule has 0 bridgehead atoms. The predicted octanol–water partition coefficient (Wildman–Crippen LogP) is -0.575. The Hall–Kier alpha value is -0.450. The molecule has 0 saturated heterocycles. The maximum absolute atomic E-state index is 6.76. The topological polar surface area (TPSA) is 59.9 Å². The molecule has 0 unspecified atom stereocenters. The van der Waals surface area contributed by atoms with E-state index in [1.54, 1.807) is 0 Å². The van der Waals surface area contributed by atoms with Crippen LogP contribution in [0.1, 0.15) is 6.92 Å². The summed E-state index contributed by atoms with van der Waals surface area (Å²) >= 11 is 0. The van der Waals surface area contributed by atoms with Gasteiger partial charge in [0.2, 0.25) is 0 Å². The number of rotatable bonds is 9. The van der Waals surface area contributed by atoms with Crippen molar-refractivity contribution >= 4 is 6.21 Å². The van der Waals surface area contributed by atoms with Crippen LogP contribution < -0.4 is 16.0 Å². The molecule has 0 fully saturated rings. The quantitative estimate of drug-likeness (QED) is 0.278. The van der Waals surface area contributed by atoms with Gasteiger partial charge in [0.1, 0.15) is 0 Å². The summed E-state index contributed by atoms with van der Waals surface area (Å²) in [4.78, 5) is 0. The first-order valence-electron chi connectivity index (χ1n) is 4.53. The molecule has 0 aliphatic carbocycles. The molecule has 0 spiro atoms. The molecule has 0 amide bonds. The summed E-state index contributed by atoms with van der Waals surface area (Å²) in [7, 11) is 0. The predicted molar refractivity (Wildman–Crippen MR) is 53.1 cm³/mol. The molecule has 0 saturated carbocycles. The number of likely N-dealkylation sites (N-methyl/N-ethyl adjacent to an activating group) is 1. The van der Waals surface area contributed by atoms with Gasteiger partial charge in [0.25, 0.3) is 0 Å². The van der Waals surface area contributed by atoms with Crippen LogP contribution in [0, 0.1) is 5.41 Å². The fourth-order valence-corrected chi connectivity index (χ4v) is 0.830. The second kappa shape index (κ2) is 10.6. The maximum atomic E-state index is 6.76. The van der Waals surface area contributed by atoms with Gasteiger partial charge in [-0.15, -0.1) is 0 Å². The number of nitrogens with one attached hydrogen (secondary N) is 4. The van der Waals surface area contributed by atoms with Crippen molar-refractivity contribution in [2.45, 2.75) is 6.92 Å². The van der Waals surface area contributed by atoms with Crippen LogP contribution in [0.15, 0.2) is 0 Å². The molecular weight excluding hydrogens is 152 g/mol. The summed E-state index contributed by atoms with van der Waals surface area (Å²) in [6.45, 7) is 7.76. The van der Waals surface area contributed by atoms with Crippen molar-refractivity contribution in [3.05, 3.63) is 0 Å². The molecule has 0 aliphatic rings. The van der Waals surface area contributed by atoms with Crippen LogP contribution in [0.5, 0.6) is 0 Å². The highest BCUT2D eigenvalue weighted by atomic mass is 15.0. The summed E-state index contributed by atoms with van der Waals surface area (Å²) in [5, 5.41) is 16.4. The molecule has 72 valence electrons. The Labute approximate surface area is 74.6 Å². The fourth-order valence-electron chi connectivity index (χ4n) is 0.830. The second-order valence-electron chi connectivity index (χ2n) is 2.51. The van der Waals surface area contributed by atoms with Gasteiger partial charge < -0.3 is 21.4 Å². The Balaban J connectivity index is 2.77. The van der Waals surface area contributed by atoms with E-state index in [0.29, 0.717) is 6.54 Å². The Bertz CT molecular complexity index is 95.1. The molecule has 0 aromatic carbocycles. The third kappa shape index (κ3) is 9.55. The summed E-state index contributed by atoms with van der Waals surface area (Å²) < 4.78 is 0. The molecule has 0 heterocycles. The summed E-state index contributed by atoms with van der Waals surface area (Å²) in [6, 6.07) is 0. The standard InChI is InChI=1S/C8H20N4/c1-2-10-5-6-12-8-7-11-4-3-9/h3,9-12H,2,4-8H2,1H3. The van der Waals surface area contributed by atoms with Gasteiger partial charge >= 0.3 is 0 Å². The fraction of sp³-hybridized carbons (Fsp3) is 0.875. The van der Waals surface area contributed by atoms with Gasteiger partial charge in [-0.2, -0.15) is 0 Å². The van der Waals surface area contributed by atoms with Crippen LogP contribution in [0.25, 0.3) is 0 Å². The van der Waals surface area contributed by atoms with Crippen molar-refractivity contribution in [2.75, 3.05) is 39.3 Å². The largest absolute Gasteiger partial charge is 0.316 e. The minimum atomic E-state index is 0.675. The van der Waals surface area contributed by atoms with Crippen LogP contribution in [0.3, 0.4) is 0 Å². The highest BCUT2D eigenvalue weighted by Gasteiger charge is 1.85. The molecule has 0 aromatic heterocycles. The van der Waals surface area contributed by atoms with Crippen LogP contribution >= 0.6 is 0 Å². The van der Waals surface area contributed by atoms with E-state index in [1.165, 1.54) is 6.21 Å². The Kier molecular flexibility index (Phi) is 10.2. The molecule has 0 rings (SSSR count). The Morgan fingerprint density at radius 1 is 1.00 bits per heavy atom. The molecule has 4 N–H and O–H groups in total. The summed E-state index contributed by atoms with van der Waals surface area (Å²) in [5.74, 6) is 0. The first kappa shape index (κ1) is 11.6. The lowest BCUT2D eigenvalue weighted by Gasteiger charge is -2.04. The third-order valence-corrected chi connectivity index (χ3v) is 1.45. The monoisotopic (exact) mass is 172 g/mol. The zero-order valence-electron chi connectivity index (χ0n) is 7.82. The van der Waals surface area contributed by atoms with E-state index in [-0.39, 0.29) is 0 Å². The lowest BCUT2D eigenvalue weighted by molar-refractivity contribution is 0.604. The summed E-state index contributed by atoms with van der Waals surface area (Å²) in [6.07, 6.45) is 1.37. The number of hydrogen-bond acceptors (Lipinski definition) is 4. The van der Waals surface area contributed by atoms with Crippen LogP contribution in [-0.2, 0) is 0 Å². The highest BCUT2D eigenvalue weighted by molar-refractivity contribution is 5.55. The molecule has 4 heteroatoms. The SMILES string of the molecule is CCNCCNCCNCC=N. The molecule has 0 aliphatic heterocycles. The van der Waals surface area contributed by atoms with Crippen molar-refractivity contribution in [2.24, 2.45) is 0 Å². The molecular formula is C8H20N4. The van der Waals surface area contributed by atoms with Gasteiger partial charge in [0, 0.05) is 38.9 Å². The van der Waals surface area contributed by atoms with E-state index in [2.05, 4.69) is 22.9 Å². The van der Waals surface area contributed by atoms with Gasteiger partial charge in [-0.3, -0.25) is 0 Å². The molecule has 0 radical (unpaired) electrons. The number of hydrogen-bond donors (Lipinski definition) is 4. The van der Waals surface area contributed by atoms with Crippen molar-refractivity contribution < 1.29 is 0 Å². The lowest BCUT2D eigenvalue weighted by atomic mass is 10.5. The third-order valence-electron chi connectivity index (χ3n) is 1.45. The van der Waals surface area contributed by atoms with Crippen molar-refractivity contribution in [3.8, 4) is 0 Å². The van der Waals surface area contributed by atoms with Gasteiger partial charge in [-0.05, 0) is 6.54 Å². The maximum Gasteiger partial charge on any atom is 0.0302 e. The normalized spacial score (nSPS) is 10.1. The van der Waals surface area contributed by atoms with Crippen LogP contribution in [0.2, 0.25) is 0 Å².